The van der Waals surface area contributed by atoms with E-state index >= 15 is 0 Å². The molecule has 0 unspecified atom stereocenters. The van der Waals surface area contributed by atoms with Gasteiger partial charge in [0.25, 0.3) is 0 Å². The molecule has 2 heterocycles. The summed E-state index contributed by atoms with van der Waals surface area (Å²) in [7, 11) is 0. The summed E-state index contributed by atoms with van der Waals surface area (Å²) in [5.74, 6) is -0.150. The van der Waals surface area contributed by atoms with E-state index in [1.54, 1.807) is 6.21 Å². The van der Waals surface area contributed by atoms with E-state index in [0.29, 0.717) is 33.2 Å². The molecular weight excluding hydrogens is 331 g/mol. The van der Waals surface area contributed by atoms with Crippen LogP contribution in [0.4, 0.5) is 0 Å². The summed E-state index contributed by atoms with van der Waals surface area (Å²) in [4.78, 5) is 20.1. The van der Waals surface area contributed by atoms with Crippen LogP contribution in [0.2, 0.25) is 10.0 Å². The molecule has 1 aromatic heterocycles. The second-order valence-electron chi connectivity index (χ2n) is 5.65. The van der Waals surface area contributed by atoms with Crippen LogP contribution in [-0.4, -0.2) is 17.0 Å². The van der Waals surface area contributed by atoms with Crippen molar-refractivity contribution < 1.29 is 4.79 Å². The number of fused-ring (bicyclic) bond motifs is 2. The van der Waals surface area contributed by atoms with Gasteiger partial charge in [-0.2, -0.15) is 0 Å². The van der Waals surface area contributed by atoms with Crippen molar-refractivity contribution in [1.29, 1.82) is 0 Å². The number of hydrogen-bond donors (Lipinski definition) is 1. The summed E-state index contributed by atoms with van der Waals surface area (Å²) in [6.45, 7) is 2.58. The Hall–Kier alpha value is -2.10. The quantitative estimate of drug-likeness (QED) is 0.658. The van der Waals surface area contributed by atoms with E-state index in [-0.39, 0.29) is 5.78 Å². The first-order chi connectivity index (χ1) is 11.1. The number of aromatic amines is 1. The summed E-state index contributed by atoms with van der Waals surface area (Å²) in [6.07, 6.45) is 1.79. The predicted octanol–water partition coefficient (Wildman–Crippen LogP) is 4.95. The smallest absolute Gasteiger partial charge is 0.210 e. The van der Waals surface area contributed by atoms with E-state index < -0.39 is 0 Å². The number of ketones is 1. The second-order valence-corrected chi connectivity index (χ2v) is 6.40. The van der Waals surface area contributed by atoms with Crippen LogP contribution in [0.15, 0.2) is 35.3 Å². The number of carbonyl (C=O) groups excluding carboxylic acids is 1. The zero-order valence-corrected chi connectivity index (χ0v) is 13.8. The summed E-state index contributed by atoms with van der Waals surface area (Å²) < 4.78 is 0. The average Bonchev–Trinajstić information content (AvgIpc) is 3.14. The Labute approximate surface area is 142 Å². The number of aryl methyl sites for hydroxylation is 1. The molecule has 1 N–H and O–H groups in total. The molecule has 0 atom stereocenters. The molecule has 2 aromatic carbocycles. The average molecular weight is 343 g/mol. The maximum atomic E-state index is 12.8. The third-order valence-corrected chi connectivity index (χ3v) is 5.03. The number of nitrogens with one attached hydrogen (secondary N) is 1. The highest BCUT2D eigenvalue weighted by atomic mass is 35.5. The molecule has 0 radical (unpaired) electrons. The van der Waals surface area contributed by atoms with E-state index in [9.17, 15) is 4.79 Å². The number of hydrogen-bond acceptors (Lipinski definition) is 2. The number of aromatic nitrogens is 1. The first-order valence-corrected chi connectivity index (χ1v) is 7.95. The van der Waals surface area contributed by atoms with Crippen LogP contribution in [0.5, 0.6) is 0 Å². The molecule has 5 heteroatoms. The largest absolute Gasteiger partial charge is 0.350 e. The number of H-pyrrole nitrogens is 1. The lowest BCUT2D eigenvalue weighted by Crippen LogP contribution is -2.03. The maximum Gasteiger partial charge on any atom is 0.210 e. The fourth-order valence-corrected chi connectivity index (χ4v) is 3.49. The maximum absolute atomic E-state index is 12.8. The van der Waals surface area contributed by atoms with Gasteiger partial charge < -0.3 is 4.98 Å². The Kier molecular flexibility index (Phi) is 3.29. The van der Waals surface area contributed by atoms with Crippen molar-refractivity contribution in [3.63, 3.8) is 0 Å². The number of nitrogens with zero attached hydrogens (tertiary/aromatic N) is 1. The fourth-order valence-electron chi connectivity index (χ4n) is 2.86. The normalized spacial score (nSPS) is 12.8. The topological polar surface area (TPSA) is 45.2 Å². The van der Waals surface area contributed by atoms with Crippen molar-refractivity contribution in [2.24, 2.45) is 4.99 Å². The van der Waals surface area contributed by atoms with Crippen molar-refractivity contribution >= 4 is 46.1 Å². The van der Waals surface area contributed by atoms with Crippen molar-refractivity contribution in [2.75, 3.05) is 0 Å². The van der Waals surface area contributed by atoms with Gasteiger partial charge in [-0.05, 0) is 35.7 Å². The van der Waals surface area contributed by atoms with Gasteiger partial charge in [0.05, 0.1) is 16.6 Å². The van der Waals surface area contributed by atoms with Gasteiger partial charge in [0.1, 0.15) is 5.69 Å². The Morgan fingerprint density at radius 3 is 2.83 bits per heavy atom. The summed E-state index contributed by atoms with van der Waals surface area (Å²) in [5, 5.41) is 1.64. The molecule has 0 spiro atoms. The Bertz CT molecular complexity index is 1000. The molecule has 3 aromatic rings. The molecule has 0 saturated carbocycles. The van der Waals surface area contributed by atoms with Gasteiger partial charge >= 0.3 is 0 Å². The van der Waals surface area contributed by atoms with Gasteiger partial charge in [0, 0.05) is 22.7 Å². The van der Waals surface area contributed by atoms with Crippen LogP contribution >= 0.6 is 23.2 Å². The van der Waals surface area contributed by atoms with Crippen molar-refractivity contribution in [2.45, 2.75) is 13.5 Å². The highest BCUT2D eigenvalue weighted by Crippen LogP contribution is 2.36. The van der Waals surface area contributed by atoms with Crippen LogP contribution in [0, 0.1) is 6.92 Å². The molecule has 0 amide bonds. The van der Waals surface area contributed by atoms with Crippen LogP contribution in [-0.2, 0) is 6.54 Å². The lowest BCUT2D eigenvalue weighted by molar-refractivity contribution is 0.103. The van der Waals surface area contributed by atoms with Gasteiger partial charge in [0.15, 0.2) is 0 Å². The molecule has 23 heavy (non-hydrogen) atoms. The van der Waals surface area contributed by atoms with Crippen molar-refractivity contribution in [3.8, 4) is 0 Å². The van der Waals surface area contributed by atoms with Gasteiger partial charge in [0.2, 0.25) is 5.78 Å². The van der Waals surface area contributed by atoms with E-state index in [4.69, 9.17) is 23.2 Å². The molecule has 1 aliphatic heterocycles. The van der Waals surface area contributed by atoms with Gasteiger partial charge in [-0.15, -0.1) is 0 Å². The molecule has 1 aliphatic rings. The molecule has 4 rings (SSSR count). The highest BCUT2D eigenvalue weighted by molar-refractivity contribution is 6.45. The standard InChI is InChI=1S/C18H12Cl2N2O/c1-9-2-5-13-14(15(9)19)16(20)17(22-13)18(23)10-3-4-11-7-21-8-12(11)6-10/h2-6,8,22H,7H2,1H3. The molecular formula is C18H12Cl2N2O. The van der Waals surface area contributed by atoms with Crippen molar-refractivity contribution in [3.05, 3.63) is 68.3 Å². The molecule has 0 saturated heterocycles. The zero-order chi connectivity index (χ0) is 16.1. The van der Waals surface area contributed by atoms with E-state index in [1.807, 2.05) is 37.3 Å². The number of carbonyl (C=O) groups is 1. The predicted molar refractivity (Wildman–Crippen MR) is 94.2 cm³/mol. The van der Waals surface area contributed by atoms with Crippen LogP contribution in [0.25, 0.3) is 10.9 Å². The van der Waals surface area contributed by atoms with Crippen LogP contribution in [0.3, 0.4) is 0 Å². The van der Waals surface area contributed by atoms with Crippen molar-refractivity contribution in [1.82, 2.24) is 4.98 Å². The van der Waals surface area contributed by atoms with Gasteiger partial charge in [-0.25, -0.2) is 0 Å². The molecule has 3 nitrogen and oxygen atoms in total. The van der Waals surface area contributed by atoms with Crippen LogP contribution < -0.4 is 0 Å². The number of rotatable bonds is 2. The van der Waals surface area contributed by atoms with E-state index in [2.05, 4.69) is 9.98 Å². The first-order valence-electron chi connectivity index (χ1n) is 7.20. The summed E-state index contributed by atoms with van der Waals surface area (Å²) in [5.41, 5.74) is 4.74. The lowest BCUT2D eigenvalue weighted by Gasteiger charge is -2.03. The second kappa shape index (κ2) is 5.22. The molecule has 0 aliphatic carbocycles. The SMILES string of the molecule is Cc1ccc2[nH]c(C(=O)c3ccc4c(c3)C=NC4)c(Cl)c2c1Cl. The minimum Gasteiger partial charge on any atom is -0.350 e. The Morgan fingerprint density at radius 1 is 1.17 bits per heavy atom. The van der Waals surface area contributed by atoms with E-state index in [1.165, 1.54) is 0 Å². The number of benzene rings is 2. The number of halogens is 2. The summed E-state index contributed by atoms with van der Waals surface area (Å²) >= 11 is 12.8. The Balaban J connectivity index is 1.86. The summed E-state index contributed by atoms with van der Waals surface area (Å²) in [6, 6.07) is 9.38. The van der Waals surface area contributed by atoms with Gasteiger partial charge in [-0.1, -0.05) is 41.4 Å². The zero-order valence-electron chi connectivity index (χ0n) is 12.3. The third kappa shape index (κ3) is 2.19. The van der Waals surface area contributed by atoms with Crippen LogP contribution in [0.1, 0.15) is 32.7 Å². The number of aliphatic imine (C=N–C) groups is 1. The minimum atomic E-state index is -0.150. The van der Waals surface area contributed by atoms with E-state index in [0.717, 1.165) is 22.2 Å². The first kappa shape index (κ1) is 14.5. The van der Waals surface area contributed by atoms with Gasteiger partial charge in [-0.3, -0.25) is 9.79 Å². The molecule has 0 fully saturated rings. The fraction of sp³-hybridized carbons (Fsp3) is 0.111. The monoisotopic (exact) mass is 342 g/mol. The Morgan fingerprint density at radius 2 is 2.00 bits per heavy atom. The minimum absolute atomic E-state index is 0.150. The molecule has 0 bridgehead atoms. The highest BCUT2D eigenvalue weighted by Gasteiger charge is 2.21. The lowest BCUT2D eigenvalue weighted by atomic mass is 10.0. The third-order valence-electron chi connectivity index (χ3n) is 4.16. The molecule has 114 valence electrons.